The van der Waals surface area contributed by atoms with Crippen molar-refractivity contribution in [1.82, 2.24) is 5.32 Å². The summed E-state index contributed by atoms with van der Waals surface area (Å²) < 4.78 is 28.5. The van der Waals surface area contributed by atoms with Gasteiger partial charge in [-0.15, -0.1) is 0 Å². The van der Waals surface area contributed by atoms with Crippen molar-refractivity contribution < 1.29 is 22.7 Å². The molecule has 6 nitrogen and oxygen atoms in total. The largest absolute Gasteiger partial charge is 0.469 e. The zero-order chi connectivity index (χ0) is 15.8. The summed E-state index contributed by atoms with van der Waals surface area (Å²) in [5.74, 6) is -2.27. The van der Waals surface area contributed by atoms with Crippen molar-refractivity contribution in [3.8, 4) is 0 Å². The van der Waals surface area contributed by atoms with Crippen molar-refractivity contribution in [2.75, 3.05) is 19.4 Å². The predicted octanol–water partition coefficient (Wildman–Crippen LogP) is 0.905. The van der Waals surface area contributed by atoms with Gasteiger partial charge in [-0.2, -0.15) is 0 Å². The van der Waals surface area contributed by atoms with Crippen molar-refractivity contribution >= 4 is 21.7 Å². The van der Waals surface area contributed by atoms with Crippen LogP contribution in [-0.2, 0) is 24.2 Å². The molecule has 0 saturated heterocycles. The minimum Gasteiger partial charge on any atom is -0.469 e. The molecule has 2 atom stereocenters. The monoisotopic (exact) mass is 307 g/mol. The summed E-state index contributed by atoms with van der Waals surface area (Å²) in [6.07, 6.45) is 2.84. The van der Waals surface area contributed by atoms with E-state index in [1.165, 1.54) is 21.0 Å². The van der Waals surface area contributed by atoms with Crippen molar-refractivity contribution in [2.45, 2.75) is 45.3 Å². The van der Waals surface area contributed by atoms with Gasteiger partial charge in [0.1, 0.15) is 5.25 Å². The van der Waals surface area contributed by atoms with E-state index in [-0.39, 0.29) is 5.75 Å². The van der Waals surface area contributed by atoms with Crippen LogP contribution in [0.2, 0.25) is 0 Å². The maximum atomic E-state index is 12.0. The minimum atomic E-state index is -3.67. The predicted molar refractivity (Wildman–Crippen MR) is 77.0 cm³/mol. The summed E-state index contributed by atoms with van der Waals surface area (Å²) in [5.41, 5.74) is 0. The van der Waals surface area contributed by atoms with Crippen LogP contribution in [0.4, 0.5) is 0 Å². The molecule has 1 N–H and O–H groups in total. The number of hydrogen-bond acceptors (Lipinski definition) is 5. The molecule has 0 aliphatic heterocycles. The molecule has 0 aromatic carbocycles. The first-order valence-electron chi connectivity index (χ1n) is 6.83. The fourth-order valence-electron chi connectivity index (χ4n) is 1.66. The average molecular weight is 307 g/mol. The molecule has 0 rings (SSSR count). The molecular formula is C13H25NO5S. The Morgan fingerprint density at radius 2 is 1.80 bits per heavy atom. The molecule has 1 amide bonds. The molecule has 0 heterocycles. The Balaban J connectivity index is 4.46. The second kappa shape index (κ2) is 8.94. The van der Waals surface area contributed by atoms with Gasteiger partial charge in [-0.1, -0.05) is 26.7 Å². The molecule has 0 aromatic rings. The summed E-state index contributed by atoms with van der Waals surface area (Å²) in [4.78, 5) is 23.0. The first kappa shape index (κ1) is 18.9. The van der Waals surface area contributed by atoms with E-state index in [0.717, 1.165) is 19.3 Å². The third kappa shape index (κ3) is 6.36. The lowest BCUT2D eigenvalue weighted by atomic mass is 10.2. The molecule has 0 radical (unpaired) electrons. The molecule has 0 saturated carbocycles. The highest BCUT2D eigenvalue weighted by molar-refractivity contribution is 7.92. The van der Waals surface area contributed by atoms with Gasteiger partial charge < -0.3 is 10.1 Å². The van der Waals surface area contributed by atoms with Crippen molar-refractivity contribution in [2.24, 2.45) is 5.92 Å². The van der Waals surface area contributed by atoms with Crippen LogP contribution in [0.25, 0.3) is 0 Å². The third-order valence-electron chi connectivity index (χ3n) is 3.07. The molecule has 2 unspecified atom stereocenters. The molecule has 0 fully saturated rings. The zero-order valence-corrected chi connectivity index (χ0v) is 13.5. The van der Waals surface area contributed by atoms with Gasteiger partial charge in [0.2, 0.25) is 5.91 Å². The van der Waals surface area contributed by atoms with E-state index >= 15 is 0 Å². The molecule has 0 bridgehead atoms. The number of unbranched alkanes of at least 4 members (excludes halogenated alkanes) is 2. The number of amides is 1. The molecular weight excluding hydrogens is 282 g/mol. The normalized spacial score (nSPS) is 14.4. The van der Waals surface area contributed by atoms with Gasteiger partial charge in [0, 0.05) is 6.54 Å². The summed E-state index contributed by atoms with van der Waals surface area (Å²) >= 11 is 0. The van der Waals surface area contributed by atoms with E-state index in [1.807, 2.05) is 6.92 Å². The number of sulfone groups is 1. The molecule has 20 heavy (non-hydrogen) atoms. The van der Waals surface area contributed by atoms with Crippen LogP contribution in [0.15, 0.2) is 0 Å². The van der Waals surface area contributed by atoms with E-state index in [4.69, 9.17) is 0 Å². The molecule has 118 valence electrons. The fourth-order valence-corrected chi connectivity index (χ4v) is 3.19. The van der Waals surface area contributed by atoms with E-state index < -0.39 is 32.9 Å². The molecule has 0 spiro atoms. The van der Waals surface area contributed by atoms with Gasteiger partial charge in [-0.3, -0.25) is 9.59 Å². The maximum absolute atomic E-state index is 12.0. The Bertz CT molecular complexity index is 418. The lowest BCUT2D eigenvalue weighted by Crippen LogP contribution is -2.41. The summed E-state index contributed by atoms with van der Waals surface area (Å²) in [5, 5.41) is 1.45. The minimum absolute atomic E-state index is 0.386. The first-order valence-corrected chi connectivity index (χ1v) is 8.54. The quantitative estimate of drug-likeness (QED) is 0.505. The lowest BCUT2D eigenvalue weighted by molar-refractivity contribution is -0.144. The highest BCUT2D eigenvalue weighted by Crippen LogP contribution is 2.10. The third-order valence-corrected chi connectivity index (χ3v) is 5.33. The highest BCUT2D eigenvalue weighted by atomic mass is 32.2. The second-order valence-corrected chi connectivity index (χ2v) is 7.26. The maximum Gasteiger partial charge on any atom is 0.309 e. The van der Waals surface area contributed by atoms with Crippen molar-refractivity contribution in [3.05, 3.63) is 0 Å². The van der Waals surface area contributed by atoms with Crippen molar-refractivity contribution in [1.29, 1.82) is 0 Å². The smallest absolute Gasteiger partial charge is 0.309 e. The number of carbonyl (C=O) groups is 2. The Morgan fingerprint density at radius 1 is 1.20 bits per heavy atom. The van der Waals surface area contributed by atoms with Crippen LogP contribution in [0.5, 0.6) is 0 Å². The van der Waals surface area contributed by atoms with E-state index in [1.54, 1.807) is 0 Å². The molecule has 0 aromatic heterocycles. The highest BCUT2D eigenvalue weighted by Gasteiger charge is 2.31. The molecule has 7 heteroatoms. The number of nitrogens with one attached hydrogen (secondary N) is 1. The average Bonchev–Trinajstić information content (AvgIpc) is 2.40. The van der Waals surface area contributed by atoms with Gasteiger partial charge in [0.25, 0.3) is 0 Å². The van der Waals surface area contributed by atoms with Crippen LogP contribution in [0, 0.1) is 5.92 Å². The van der Waals surface area contributed by atoms with Crippen LogP contribution in [-0.4, -0.2) is 45.0 Å². The van der Waals surface area contributed by atoms with Crippen LogP contribution in [0.1, 0.15) is 40.0 Å². The SMILES string of the molecule is CCCCCNC(=O)C(C)S(=O)(=O)CC(C)C(=O)OC. The number of methoxy groups -OCH3 is 1. The number of ether oxygens (including phenoxy) is 1. The van der Waals surface area contributed by atoms with Gasteiger partial charge >= 0.3 is 5.97 Å². The zero-order valence-electron chi connectivity index (χ0n) is 12.6. The van der Waals surface area contributed by atoms with Crippen LogP contribution in [0.3, 0.4) is 0 Å². The Labute approximate surface area is 121 Å². The standard InChI is InChI=1S/C13H25NO5S/c1-5-6-7-8-14-12(15)11(3)20(17,18)9-10(2)13(16)19-4/h10-11H,5-9H2,1-4H3,(H,14,15). The van der Waals surface area contributed by atoms with Gasteiger partial charge in [0.15, 0.2) is 9.84 Å². The Hall–Kier alpha value is -1.11. The molecule has 0 aliphatic rings. The summed E-state index contributed by atoms with van der Waals surface area (Å²) in [6.45, 7) is 5.33. The fraction of sp³-hybridized carbons (Fsp3) is 0.846. The van der Waals surface area contributed by atoms with E-state index in [9.17, 15) is 18.0 Å². The Kier molecular flexibility index (Phi) is 8.45. The number of carbonyl (C=O) groups excluding carboxylic acids is 2. The Morgan fingerprint density at radius 3 is 2.30 bits per heavy atom. The van der Waals surface area contributed by atoms with Crippen LogP contribution < -0.4 is 5.32 Å². The topological polar surface area (TPSA) is 89.5 Å². The summed E-state index contributed by atoms with van der Waals surface area (Å²) in [6, 6.07) is 0. The number of rotatable bonds is 9. The first-order chi connectivity index (χ1) is 9.26. The number of esters is 1. The van der Waals surface area contributed by atoms with Gasteiger partial charge in [0.05, 0.1) is 18.8 Å². The molecule has 0 aliphatic carbocycles. The van der Waals surface area contributed by atoms with Crippen LogP contribution >= 0.6 is 0 Å². The van der Waals surface area contributed by atoms with E-state index in [0.29, 0.717) is 6.54 Å². The van der Waals surface area contributed by atoms with Crippen molar-refractivity contribution in [3.63, 3.8) is 0 Å². The number of hydrogen-bond donors (Lipinski definition) is 1. The van der Waals surface area contributed by atoms with Gasteiger partial charge in [-0.25, -0.2) is 8.42 Å². The lowest BCUT2D eigenvalue weighted by Gasteiger charge is -2.15. The van der Waals surface area contributed by atoms with Gasteiger partial charge in [-0.05, 0) is 13.3 Å². The second-order valence-electron chi connectivity index (χ2n) is 4.89. The summed E-state index contributed by atoms with van der Waals surface area (Å²) in [7, 11) is -2.47. The van der Waals surface area contributed by atoms with E-state index in [2.05, 4.69) is 10.1 Å².